The standard InChI is InChI=1S/C12H20N8/c1-2-20-5-3-4-8(20)6-14-10-9-7-15-19-11(9)17-12(16-10)18-13/h7-8H,2-6,13H2,1H3,(H3,14,15,16,17,18,19). The summed E-state index contributed by atoms with van der Waals surface area (Å²) in [5.74, 6) is 6.54. The first-order chi connectivity index (χ1) is 9.81. The summed E-state index contributed by atoms with van der Waals surface area (Å²) < 4.78 is 0. The van der Waals surface area contributed by atoms with Gasteiger partial charge in [-0.2, -0.15) is 15.1 Å². The molecule has 0 aromatic carbocycles. The number of nitrogen functional groups attached to an aromatic ring is 1. The number of H-pyrrole nitrogens is 1. The summed E-state index contributed by atoms with van der Waals surface area (Å²) in [6.45, 7) is 5.35. The fourth-order valence-electron chi connectivity index (χ4n) is 2.79. The van der Waals surface area contributed by atoms with Crippen LogP contribution < -0.4 is 16.6 Å². The lowest BCUT2D eigenvalue weighted by Crippen LogP contribution is -2.34. The van der Waals surface area contributed by atoms with Gasteiger partial charge in [0.15, 0.2) is 5.65 Å². The van der Waals surface area contributed by atoms with Crippen molar-refractivity contribution in [3.05, 3.63) is 6.20 Å². The SMILES string of the molecule is CCN1CCCC1CNc1nc(NN)nc2[nH]ncc12. The highest BCUT2D eigenvalue weighted by molar-refractivity contribution is 5.86. The second-order valence-electron chi connectivity index (χ2n) is 4.98. The van der Waals surface area contributed by atoms with Crippen LogP contribution in [0.3, 0.4) is 0 Å². The van der Waals surface area contributed by atoms with Gasteiger partial charge in [-0.25, -0.2) is 5.84 Å². The second-order valence-corrected chi connectivity index (χ2v) is 4.98. The number of hydrogen-bond acceptors (Lipinski definition) is 7. The molecule has 1 saturated heterocycles. The van der Waals surface area contributed by atoms with Crippen LogP contribution in [0.15, 0.2) is 6.20 Å². The van der Waals surface area contributed by atoms with Gasteiger partial charge in [0, 0.05) is 12.6 Å². The van der Waals surface area contributed by atoms with Crippen LogP contribution in [0.5, 0.6) is 0 Å². The number of rotatable bonds is 5. The molecule has 2 aromatic rings. The number of likely N-dealkylation sites (N-methyl/N-ethyl adjacent to an activating group) is 1. The first-order valence-corrected chi connectivity index (χ1v) is 6.97. The van der Waals surface area contributed by atoms with E-state index in [-0.39, 0.29) is 0 Å². The minimum atomic E-state index is 0.378. The van der Waals surface area contributed by atoms with E-state index in [0.29, 0.717) is 17.6 Å². The van der Waals surface area contributed by atoms with Gasteiger partial charge in [-0.15, -0.1) is 0 Å². The molecule has 1 aliphatic rings. The van der Waals surface area contributed by atoms with Crippen molar-refractivity contribution in [2.45, 2.75) is 25.8 Å². The summed E-state index contributed by atoms with van der Waals surface area (Å²) in [4.78, 5) is 11.1. The average molecular weight is 276 g/mol. The van der Waals surface area contributed by atoms with E-state index in [9.17, 15) is 0 Å². The summed E-state index contributed by atoms with van der Waals surface area (Å²) >= 11 is 0. The lowest BCUT2D eigenvalue weighted by molar-refractivity contribution is 0.277. The van der Waals surface area contributed by atoms with Crippen molar-refractivity contribution < 1.29 is 0 Å². The first kappa shape index (κ1) is 13.1. The van der Waals surface area contributed by atoms with Gasteiger partial charge in [-0.3, -0.25) is 15.4 Å². The molecule has 0 saturated carbocycles. The number of nitrogens with one attached hydrogen (secondary N) is 3. The minimum Gasteiger partial charge on any atom is -0.368 e. The van der Waals surface area contributed by atoms with E-state index in [4.69, 9.17) is 5.84 Å². The molecule has 0 amide bonds. The number of fused-ring (bicyclic) bond motifs is 1. The van der Waals surface area contributed by atoms with Crippen molar-refractivity contribution >= 4 is 22.8 Å². The van der Waals surface area contributed by atoms with Gasteiger partial charge in [0.05, 0.1) is 11.6 Å². The fourth-order valence-corrected chi connectivity index (χ4v) is 2.79. The molecule has 20 heavy (non-hydrogen) atoms. The normalized spacial score (nSPS) is 19.6. The molecule has 108 valence electrons. The van der Waals surface area contributed by atoms with Crippen LogP contribution in [-0.2, 0) is 0 Å². The lowest BCUT2D eigenvalue weighted by atomic mass is 10.2. The molecule has 0 radical (unpaired) electrons. The van der Waals surface area contributed by atoms with E-state index in [1.807, 2.05) is 0 Å². The van der Waals surface area contributed by atoms with Crippen LogP contribution in [0.4, 0.5) is 11.8 Å². The Hall–Kier alpha value is -1.93. The molecule has 3 heterocycles. The Labute approximate surface area is 117 Å². The molecule has 1 fully saturated rings. The number of hydrazine groups is 1. The van der Waals surface area contributed by atoms with E-state index in [2.05, 4.69) is 42.7 Å². The largest absolute Gasteiger partial charge is 0.368 e. The summed E-state index contributed by atoms with van der Waals surface area (Å²) in [7, 11) is 0. The van der Waals surface area contributed by atoms with Crippen molar-refractivity contribution in [1.82, 2.24) is 25.1 Å². The Morgan fingerprint density at radius 2 is 2.40 bits per heavy atom. The number of aromatic amines is 1. The summed E-state index contributed by atoms with van der Waals surface area (Å²) in [5, 5.41) is 11.1. The zero-order valence-electron chi connectivity index (χ0n) is 11.6. The topological polar surface area (TPSA) is 108 Å². The third-order valence-electron chi connectivity index (χ3n) is 3.85. The molecule has 5 N–H and O–H groups in total. The number of anilines is 2. The zero-order valence-corrected chi connectivity index (χ0v) is 11.6. The Balaban J connectivity index is 1.78. The Morgan fingerprint density at radius 1 is 1.50 bits per heavy atom. The van der Waals surface area contributed by atoms with E-state index in [1.54, 1.807) is 6.20 Å². The van der Waals surface area contributed by atoms with E-state index >= 15 is 0 Å². The molecular weight excluding hydrogens is 256 g/mol. The number of aromatic nitrogens is 4. The third-order valence-corrected chi connectivity index (χ3v) is 3.85. The lowest BCUT2D eigenvalue weighted by Gasteiger charge is -2.23. The van der Waals surface area contributed by atoms with Crippen molar-refractivity contribution in [2.75, 3.05) is 30.4 Å². The highest BCUT2D eigenvalue weighted by atomic mass is 15.3. The first-order valence-electron chi connectivity index (χ1n) is 6.97. The molecule has 8 nitrogen and oxygen atoms in total. The highest BCUT2D eigenvalue weighted by Crippen LogP contribution is 2.21. The van der Waals surface area contributed by atoms with Gasteiger partial charge >= 0.3 is 0 Å². The molecule has 2 aromatic heterocycles. The van der Waals surface area contributed by atoms with Crippen LogP contribution in [0.25, 0.3) is 11.0 Å². The van der Waals surface area contributed by atoms with Crippen LogP contribution in [0.1, 0.15) is 19.8 Å². The fraction of sp³-hybridized carbons (Fsp3) is 0.583. The predicted octanol–water partition coefficient (Wildman–Crippen LogP) is 0.535. The Morgan fingerprint density at radius 3 is 3.20 bits per heavy atom. The predicted molar refractivity (Wildman–Crippen MR) is 78.3 cm³/mol. The van der Waals surface area contributed by atoms with Gasteiger partial charge in [0.1, 0.15) is 5.82 Å². The minimum absolute atomic E-state index is 0.378. The maximum absolute atomic E-state index is 5.40. The van der Waals surface area contributed by atoms with Crippen LogP contribution in [0, 0.1) is 0 Å². The van der Waals surface area contributed by atoms with Gasteiger partial charge in [0.25, 0.3) is 0 Å². The maximum Gasteiger partial charge on any atom is 0.241 e. The average Bonchev–Trinajstić information content (AvgIpc) is 3.12. The smallest absolute Gasteiger partial charge is 0.241 e. The molecule has 8 heteroatoms. The maximum atomic E-state index is 5.40. The molecular formula is C12H20N8. The van der Waals surface area contributed by atoms with E-state index in [1.165, 1.54) is 19.4 Å². The molecule has 1 unspecified atom stereocenters. The number of nitrogens with two attached hydrogens (primary N) is 1. The van der Waals surface area contributed by atoms with E-state index < -0.39 is 0 Å². The molecule has 0 aliphatic carbocycles. The van der Waals surface area contributed by atoms with Crippen molar-refractivity contribution in [2.24, 2.45) is 5.84 Å². The number of hydrogen-bond donors (Lipinski definition) is 4. The van der Waals surface area contributed by atoms with Crippen molar-refractivity contribution in [3.63, 3.8) is 0 Å². The molecule has 1 aliphatic heterocycles. The quantitative estimate of drug-likeness (QED) is 0.466. The van der Waals surface area contributed by atoms with E-state index in [0.717, 1.165) is 24.3 Å². The summed E-state index contributed by atoms with van der Waals surface area (Å²) in [6.07, 6.45) is 4.22. The zero-order chi connectivity index (χ0) is 13.9. The molecule has 1 atom stereocenters. The van der Waals surface area contributed by atoms with Gasteiger partial charge < -0.3 is 5.32 Å². The van der Waals surface area contributed by atoms with Gasteiger partial charge in [0.2, 0.25) is 5.95 Å². The van der Waals surface area contributed by atoms with Gasteiger partial charge in [-0.05, 0) is 25.9 Å². The summed E-state index contributed by atoms with van der Waals surface area (Å²) in [6, 6.07) is 0.561. The monoisotopic (exact) mass is 276 g/mol. The third kappa shape index (κ3) is 2.39. The number of likely N-dealkylation sites (tertiary alicyclic amines) is 1. The molecule has 0 spiro atoms. The Kier molecular flexibility index (Phi) is 3.66. The molecule has 3 rings (SSSR count). The second kappa shape index (κ2) is 5.59. The van der Waals surface area contributed by atoms with Crippen LogP contribution in [0.2, 0.25) is 0 Å². The summed E-state index contributed by atoms with van der Waals surface area (Å²) in [5.41, 5.74) is 3.15. The van der Waals surface area contributed by atoms with Crippen molar-refractivity contribution in [1.29, 1.82) is 0 Å². The van der Waals surface area contributed by atoms with Crippen LogP contribution >= 0.6 is 0 Å². The Bertz CT molecular complexity index is 580. The molecule has 0 bridgehead atoms. The number of nitrogens with zero attached hydrogens (tertiary/aromatic N) is 4. The van der Waals surface area contributed by atoms with Gasteiger partial charge in [-0.1, -0.05) is 6.92 Å². The van der Waals surface area contributed by atoms with Crippen molar-refractivity contribution in [3.8, 4) is 0 Å². The van der Waals surface area contributed by atoms with Crippen LogP contribution in [-0.4, -0.2) is 50.7 Å². The highest BCUT2D eigenvalue weighted by Gasteiger charge is 2.23.